The molecular weight excluding hydrogens is 386 g/mol. The van der Waals surface area contributed by atoms with E-state index in [9.17, 15) is 19.2 Å². The molecule has 4 aliphatic carbocycles. The number of carbonyl (C=O) groups excluding carboxylic acids is 4. The normalized spacial score (nSPS) is 38.0. The van der Waals surface area contributed by atoms with Crippen molar-refractivity contribution in [3.63, 3.8) is 0 Å². The lowest BCUT2D eigenvalue weighted by Crippen LogP contribution is -2.56. The quantitative estimate of drug-likeness (QED) is 0.702. The van der Waals surface area contributed by atoms with Crippen molar-refractivity contribution in [2.24, 2.45) is 23.2 Å². The second-order valence-electron chi connectivity index (χ2n) is 10.2. The van der Waals surface area contributed by atoms with Crippen LogP contribution in [0.4, 0.5) is 4.79 Å². The number of likely N-dealkylation sites (tertiary alicyclic amines) is 1. The minimum Gasteiger partial charge on any atom is -0.451 e. The Labute approximate surface area is 176 Å². The standard InChI is InChI=1S/C22H31N3O5/c1-13(18(26)25-6-4-23-21(25)29)30-19(27)17-3-2-5-24(17)20(28)22-10-14-7-15(11-22)9-16(8-14)12-22/h13-17H,2-12H2,1H3,(H,23,29)/t13-,14?,15?,16?,17-,22?/m0/s1. The van der Waals surface area contributed by atoms with Crippen LogP contribution in [-0.4, -0.2) is 65.4 Å². The molecular formula is C22H31N3O5. The Balaban J connectivity index is 1.26. The summed E-state index contributed by atoms with van der Waals surface area (Å²) in [4.78, 5) is 53.6. The lowest BCUT2D eigenvalue weighted by molar-refractivity contribution is -0.169. The number of imide groups is 1. The first-order valence-electron chi connectivity index (χ1n) is 11.5. The summed E-state index contributed by atoms with van der Waals surface area (Å²) in [5.74, 6) is 1.09. The van der Waals surface area contributed by atoms with Gasteiger partial charge < -0.3 is 15.0 Å². The smallest absolute Gasteiger partial charge is 0.329 e. The number of ether oxygens (including phenoxy) is 1. The number of carbonyl (C=O) groups is 4. The maximum atomic E-state index is 13.7. The highest BCUT2D eigenvalue weighted by Gasteiger charge is 2.57. The summed E-state index contributed by atoms with van der Waals surface area (Å²) in [6, 6.07) is -1.07. The third-order valence-electron chi connectivity index (χ3n) is 8.04. The molecule has 2 saturated heterocycles. The van der Waals surface area contributed by atoms with Crippen LogP contribution in [0.1, 0.15) is 58.3 Å². The summed E-state index contributed by atoms with van der Waals surface area (Å²) in [5, 5.41) is 2.57. The van der Waals surface area contributed by atoms with Gasteiger partial charge >= 0.3 is 12.0 Å². The van der Waals surface area contributed by atoms with Crippen molar-refractivity contribution in [2.75, 3.05) is 19.6 Å². The third-order valence-corrected chi connectivity index (χ3v) is 8.04. The molecule has 8 heteroatoms. The first-order valence-corrected chi connectivity index (χ1v) is 11.5. The molecule has 0 aromatic carbocycles. The number of hydrogen-bond acceptors (Lipinski definition) is 5. The molecule has 0 radical (unpaired) electrons. The predicted molar refractivity (Wildman–Crippen MR) is 106 cm³/mol. The Kier molecular flexibility index (Phi) is 4.78. The van der Waals surface area contributed by atoms with Gasteiger partial charge in [0.2, 0.25) is 5.91 Å². The molecule has 4 saturated carbocycles. The molecule has 6 aliphatic rings. The second-order valence-corrected chi connectivity index (χ2v) is 10.2. The Morgan fingerprint density at radius 1 is 1.07 bits per heavy atom. The summed E-state index contributed by atoms with van der Waals surface area (Å²) in [7, 11) is 0. The van der Waals surface area contributed by atoms with Crippen molar-refractivity contribution in [3.05, 3.63) is 0 Å². The van der Waals surface area contributed by atoms with Crippen molar-refractivity contribution in [2.45, 2.75) is 70.4 Å². The lowest BCUT2D eigenvalue weighted by Gasteiger charge is -2.56. The van der Waals surface area contributed by atoms with Crippen LogP contribution in [0.5, 0.6) is 0 Å². The van der Waals surface area contributed by atoms with E-state index < -0.39 is 30.1 Å². The monoisotopic (exact) mass is 417 g/mol. The zero-order chi connectivity index (χ0) is 21.0. The maximum Gasteiger partial charge on any atom is 0.329 e. The van der Waals surface area contributed by atoms with E-state index >= 15 is 0 Å². The molecule has 30 heavy (non-hydrogen) atoms. The Morgan fingerprint density at radius 2 is 1.70 bits per heavy atom. The molecule has 0 aromatic heterocycles. The van der Waals surface area contributed by atoms with E-state index in [0.29, 0.717) is 37.3 Å². The summed E-state index contributed by atoms with van der Waals surface area (Å²) in [6.07, 6.45) is 7.00. The highest BCUT2D eigenvalue weighted by molar-refractivity contribution is 5.98. The topological polar surface area (TPSA) is 96.0 Å². The lowest BCUT2D eigenvalue weighted by atomic mass is 9.49. The van der Waals surface area contributed by atoms with Gasteiger partial charge in [-0.15, -0.1) is 0 Å². The fourth-order valence-corrected chi connectivity index (χ4v) is 7.14. The summed E-state index contributed by atoms with van der Waals surface area (Å²) < 4.78 is 5.45. The number of urea groups is 1. The van der Waals surface area contributed by atoms with Crippen molar-refractivity contribution in [1.29, 1.82) is 0 Å². The van der Waals surface area contributed by atoms with E-state index in [2.05, 4.69) is 5.32 Å². The van der Waals surface area contributed by atoms with Gasteiger partial charge in [0.25, 0.3) is 5.91 Å². The molecule has 4 bridgehead atoms. The fourth-order valence-electron chi connectivity index (χ4n) is 7.14. The number of amides is 4. The predicted octanol–water partition coefficient (Wildman–Crippen LogP) is 1.68. The van der Waals surface area contributed by atoms with Crippen LogP contribution in [0, 0.1) is 23.2 Å². The maximum absolute atomic E-state index is 13.7. The third kappa shape index (κ3) is 3.19. The molecule has 2 atom stereocenters. The van der Waals surface area contributed by atoms with Gasteiger partial charge in [0.15, 0.2) is 6.10 Å². The first-order chi connectivity index (χ1) is 14.4. The van der Waals surface area contributed by atoms with Gasteiger partial charge in [-0.2, -0.15) is 0 Å². The number of hydrogen-bond donors (Lipinski definition) is 1. The first kappa shape index (κ1) is 19.8. The molecule has 1 N–H and O–H groups in total. The van der Waals surface area contributed by atoms with Crippen LogP contribution < -0.4 is 5.32 Å². The van der Waals surface area contributed by atoms with Gasteiger partial charge in [-0.25, -0.2) is 9.59 Å². The van der Waals surface area contributed by atoms with E-state index in [1.54, 1.807) is 4.90 Å². The zero-order valence-corrected chi connectivity index (χ0v) is 17.6. The minimum atomic E-state index is -1.04. The van der Waals surface area contributed by atoms with E-state index in [1.165, 1.54) is 26.2 Å². The fraction of sp³-hybridized carbons (Fsp3) is 0.818. The average molecular weight is 418 g/mol. The van der Waals surface area contributed by atoms with Gasteiger partial charge in [-0.3, -0.25) is 14.5 Å². The SMILES string of the molecule is C[C@H](OC(=O)[C@@H]1CCCN1C(=O)C12CC3CC(CC(C3)C1)C2)C(=O)N1CCNC1=O. The van der Waals surface area contributed by atoms with E-state index in [1.807, 2.05) is 0 Å². The second kappa shape index (κ2) is 7.24. The molecule has 0 aromatic rings. The number of nitrogens with one attached hydrogen (secondary N) is 1. The van der Waals surface area contributed by atoms with Gasteiger partial charge in [0, 0.05) is 19.6 Å². The van der Waals surface area contributed by atoms with Crippen molar-refractivity contribution < 1.29 is 23.9 Å². The van der Waals surface area contributed by atoms with E-state index in [-0.39, 0.29) is 17.9 Å². The summed E-state index contributed by atoms with van der Waals surface area (Å²) in [5.41, 5.74) is -0.285. The van der Waals surface area contributed by atoms with Crippen molar-refractivity contribution in [1.82, 2.24) is 15.1 Å². The molecule has 2 aliphatic heterocycles. The molecule has 0 unspecified atom stereocenters. The van der Waals surface area contributed by atoms with Crippen molar-refractivity contribution >= 4 is 23.8 Å². The van der Waals surface area contributed by atoms with Crippen LogP contribution in [-0.2, 0) is 19.1 Å². The Morgan fingerprint density at radius 3 is 2.27 bits per heavy atom. The number of esters is 1. The van der Waals surface area contributed by atoms with Crippen LogP contribution in [0.3, 0.4) is 0 Å². The molecule has 8 nitrogen and oxygen atoms in total. The van der Waals surface area contributed by atoms with Crippen molar-refractivity contribution in [3.8, 4) is 0 Å². The molecule has 164 valence electrons. The number of nitrogens with zero attached hydrogens (tertiary/aromatic N) is 2. The van der Waals surface area contributed by atoms with Crippen LogP contribution >= 0.6 is 0 Å². The van der Waals surface area contributed by atoms with Crippen LogP contribution in [0.15, 0.2) is 0 Å². The zero-order valence-electron chi connectivity index (χ0n) is 17.6. The van der Waals surface area contributed by atoms with Gasteiger partial charge in [-0.1, -0.05) is 0 Å². The van der Waals surface area contributed by atoms with Crippen LogP contribution in [0.25, 0.3) is 0 Å². The highest BCUT2D eigenvalue weighted by Crippen LogP contribution is 2.60. The molecule has 2 heterocycles. The minimum absolute atomic E-state index is 0.138. The molecule has 6 fully saturated rings. The average Bonchev–Trinajstić information content (AvgIpc) is 3.34. The van der Waals surface area contributed by atoms with Gasteiger partial charge in [0.1, 0.15) is 6.04 Å². The highest BCUT2D eigenvalue weighted by atomic mass is 16.5. The largest absolute Gasteiger partial charge is 0.451 e. The Bertz CT molecular complexity index is 745. The molecule has 4 amide bonds. The van der Waals surface area contributed by atoms with E-state index in [4.69, 9.17) is 4.74 Å². The summed E-state index contributed by atoms with van der Waals surface area (Å²) in [6.45, 7) is 2.75. The molecule has 0 spiro atoms. The van der Waals surface area contributed by atoms with Gasteiger partial charge in [0.05, 0.1) is 5.41 Å². The van der Waals surface area contributed by atoms with Crippen LogP contribution in [0.2, 0.25) is 0 Å². The van der Waals surface area contributed by atoms with E-state index in [0.717, 1.165) is 30.6 Å². The van der Waals surface area contributed by atoms with Gasteiger partial charge in [-0.05, 0) is 76.0 Å². The Hall–Kier alpha value is -2.12. The number of rotatable bonds is 4. The summed E-state index contributed by atoms with van der Waals surface area (Å²) >= 11 is 0. The molecule has 6 rings (SSSR count).